The van der Waals surface area contributed by atoms with Crippen molar-refractivity contribution in [2.75, 3.05) is 7.11 Å². The fourth-order valence-corrected chi connectivity index (χ4v) is 3.10. The van der Waals surface area contributed by atoms with E-state index in [9.17, 15) is 4.79 Å². The number of aromatic carboxylic acids is 1. The molecule has 1 atom stereocenters. The van der Waals surface area contributed by atoms with Crippen molar-refractivity contribution in [1.82, 2.24) is 4.98 Å². The zero-order valence-electron chi connectivity index (χ0n) is 11.7. The third-order valence-electron chi connectivity index (χ3n) is 3.03. The second-order valence-electron chi connectivity index (χ2n) is 4.86. The van der Waals surface area contributed by atoms with Crippen molar-refractivity contribution in [3.05, 3.63) is 40.2 Å². The first-order valence-electron chi connectivity index (χ1n) is 6.35. The standard InChI is InChI=1S/C15H17NO3S/c1-9(2)13(19-3)14-16-12(8-20-14)10-5-4-6-11(7-10)15(17)18/h4-9,13H,1-3H3,(H,17,18). The predicted octanol–water partition coefficient (Wildman–Crippen LogP) is 3.85. The van der Waals surface area contributed by atoms with Crippen LogP contribution in [0.1, 0.15) is 35.3 Å². The van der Waals surface area contributed by atoms with Gasteiger partial charge in [0.15, 0.2) is 0 Å². The van der Waals surface area contributed by atoms with Gasteiger partial charge in [-0.2, -0.15) is 0 Å². The molecule has 0 bridgehead atoms. The van der Waals surface area contributed by atoms with Gasteiger partial charge in [-0.05, 0) is 18.1 Å². The molecule has 1 N–H and O–H groups in total. The number of aromatic nitrogens is 1. The largest absolute Gasteiger partial charge is 0.478 e. The molecule has 0 aliphatic carbocycles. The van der Waals surface area contributed by atoms with Gasteiger partial charge in [0.25, 0.3) is 0 Å². The van der Waals surface area contributed by atoms with E-state index < -0.39 is 5.97 Å². The van der Waals surface area contributed by atoms with Crippen LogP contribution in [0.5, 0.6) is 0 Å². The number of carbonyl (C=O) groups is 1. The van der Waals surface area contributed by atoms with Gasteiger partial charge in [0.05, 0.1) is 11.3 Å². The molecule has 0 spiro atoms. The van der Waals surface area contributed by atoms with Crippen molar-refractivity contribution in [1.29, 1.82) is 0 Å². The number of hydrogen-bond donors (Lipinski definition) is 1. The van der Waals surface area contributed by atoms with Crippen molar-refractivity contribution in [3.63, 3.8) is 0 Å². The van der Waals surface area contributed by atoms with Crippen LogP contribution in [0.15, 0.2) is 29.6 Å². The minimum atomic E-state index is -0.931. The third-order valence-corrected chi connectivity index (χ3v) is 3.94. The van der Waals surface area contributed by atoms with Crippen molar-refractivity contribution >= 4 is 17.3 Å². The van der Waals surface area contributed by atoms with Crippen LogP contribution in [-0.2, 0) is 4.74 Å². The second-order valence-corrected chi connectivity index (χ2v) is 5.75. The molecule has 1 unspecified atom stereocenters. The number of hydrogen-bond acceptors (Lipinski definition) is 4. The highest BCUT2D eigenvalue weighted by atomic mass is 32.1. The third kappa shape index (κ3) is 3.05. The predicted molar refractivity (Wildman–Crippen MR) is 79.1 cm³/mol. The van der Waals surface area contributed by atoms with Gasteiger partial charge in [0.1, 0.15) is 11.1 Å². The van der Waals surface area contributed by atoms with Crippen molar-refractivity contribution in [2.45, 2.75) is 20.0 Å². The van der Waals surface area contributed by atoms with E-state index in [0.717, 1.165) is 16.3 Å². The molecule has 4 nitrogen and oxygen atoms in total. The second kappa shape index (κ2) is 6.15. The molecule has 0 saturated carbocycles. The Balaban J connectivity index is 2.33. The Morgan fingerprint density at radius 3 is 2.75 bits per heavy atom. The smallest absolute Gasteiger partial charge is 0.335 e. The maximum absolute atomic E-state index is 11.0. The van der Waals surface area contributed by atoms with Gasteiger partial charge >= 0.3 is 5.97 Å². The lowest BCUT2D eigenvalue weighted by atomic mass is 10.1. The van der Waals surface area contributed by atoms with Gasteiger partial charge in [-0.25, -0.2) is 9.78 Å². The van der Waals surface area contributed by atoms with Gasteiger partial charge in [0, 0.05) is 18.1 Å². The molecule has 20 heavy (non-hydrogen) atoms. The summed E-state index contributed by atoms with van der Waals surface area (Å²) in [7, 11) is 1.68. The van der Waals surface area contributed by atoms with E-state index >= 15 is 0 Å². The lowest BCUT2D eigenvalue weighted by Crippen LogP contribution is -2.08. The van der Waals surface area contributed by atoms with E-state index in [-0.39, 0.29) is 11.7 Å². The lowest BCUT2D eigenvalue weighted by Gasteiger charge is -2.15. The van der Waals surface area contributed by atoms with Gasteiger partial charge in [0.2, 0.25) is 0 Å². The Morgan fingerprint density at radius 2 is 2.15 bits per heavy atom. The molecular formula is C15H17NO3S. The summed E-state index contributed by atoms with van der Waals surface area (Å²) in [5.41, 5.74) is 1.87. The molecule has 1 aromatic carbocycles. The van der Waals surface area contributed by atoms with Crippen molar-refractivity contribution in [3.8, 4) is 11.3 Å². The molecule has 106 valence electrons. The number of carboxylic acids is 1. The monoisotopic (exact) mass is 291 g/mol. The molecule has 1 heterocycles. The first-order chi connectivity index (χ1) is 9.52. The van der Waals surface area contributed by atoms with E-state index in [1.54, 1.807) is 25.3 Å². The fraction of sp³-hybridized carbons (Fsp3) is 0.333. The van der Waals surface area contributed by atoms with Crippen LogP contribution < -0.4 is 0 Å². The molecule has 5 heteroatoms. The highest BCUT2D eigenvalue weighted by Gasteiger charge is 2.19. The number of thiazole rings is 1. The maximum Gasteiger partial charge on any atom is 0.335 e. The summed E-state index contributed by atoms with van der Waals surface area (Å²) in [5, 5.41) is 11.9. The molecule has 0 aliphatic heterocycles. The Hall–Kier alpha value is -1.72. The minimum absolute atomic E-state index is 0.0311. The number of benzene rings is 1. The first kappa shape index (κ1) is 14.7. The molecule has 0 saturated heterocycles. The summed E-state index contributed by atoms with van der Waals surface area (Å²) >= 11 is 1.54. The van der Waals surface area contributed by atoms with E-state index in [0.29, 0.717) is 5.92 Å². The summed E-state index contributed by atoms with van der Waals surface area (Å²) in [5.74, 6) is -0.594. The Kier molecular flexibility index (Phi) is 4.52. The molecule has 2 rings (SSSR count). The number of carboxylic acid groups (broad SMARTS) is 1. The highest BCUT2D eigenvalue weighted by molar-refractivity contribution is 7.10. The average molecular weight is 291 g/mol. The van der Waals surface area contributed by atoms with E-state index in [2.05, 4.69) is 18.8 Å². The molecule has 0 radical (unpaired) electrons. The molecule has 2 aromatic rings. The minimum Gasteiger partial charge on any atom is -0.478 e. The zero-order chi connectivity index (χ0) is 14.7. The van der Waals surface area contributed by atoms with Crippen LogP contribution in [-0.4, -0.2) is 23.2 Å². The van der Waals surface area contributed by atoms with Crippen LogP contribution in [0.25, 0.3) is 11.3 Å². The Morgan fingerprint density at radius 1 is 1.40 bits per heavy atom. The van der Waals surface area contributed by atoms with Crippen LogP contribution >= 0.6 is 11.3 Å². The van der Waals surface area contributed by atoms with E-state index in [4.69, 9.17) is 9.84 Å². The molecule has 1 aromatic heterocycles. The summed E-state index contributed by atoms with van der Waals surface area (Å²) in [4.78, 5) is 15.6. The topological polar surface area (TPSA) is 59.4 Å². The molecule has 0 fully saturated rings. The zero-order valence-corrected chi connectivity index (χ0v) is 12.5. The lowest BCUT2D eigenvalue weighted by molar-refractivity contribution is 0.0645. The summed E-state index contributed by atoms with van der Waals surface area (Å²) < 4.78 is 5.46. The number of ether oxygens (including phenoxy) is 1. The maximum atomic E-state index is 11.0. The van der Waals surface area contributed by atoms with Crippen LogP contribution in [0, 0.1) is 5.92 Å². The van der Waals surface area contributed by atoms with Gasteiger partial charge < -0.3 is 9.84 Å². The van der Waals surface area contributed by atoms with Crippen LogP contribution in [0.3, 0.4) is 0 Å². The van der Waals surface area contributed by atoms with Crippen molar-refractivity contribution in [2.24, 2.45) is 5.92 Å². The van der Waals surface area contributed by atoms with Crippen LogP contribution in [0.2, 0.25) is 0 Å². The quantitative estimate of drug-likeness (QED) is 0.909. The number of rotatable bonds is 5. The normalized spacial score (nSPS) is 12.6. The fourth-order valence-electron chi connectivity index (χ4n) is 2.02. The van der Waals surface area contributed by atoms with Gasteiger partial charge in [-0.15, -0.1) is 11.3 Å². The molecule has 0 aliphatic rings. The Labute approximate surface area is 122 Å². The first-order valence-corrected chi connectivity index (χ1v) is 7.23. The van der Waals surface area contributed by atoms with Crippen LogP contribution in [0.4, 0.5) is 0 Å². The number of nitrogens with zero attached hydrogens (tertiary/aromatic N) is 1. The van der Waals surface area contributed by atoms with Gasteiger partial charge in [-0.1, -0.05) is 26.0 Å². The van der Waals surface area contributed by atoms with E-state index in [1.165, 1.54) is 11.3 Å². The average Bonchev–Trinajstić information content (AvgIpc) is 2.89. The summed E-state index contributed by atoms with van der Waals surface area (Å²) in [6, 6.07) is 6.81. The number of methoxy groups -OCH3 is 1. The highest BCUT2D eigenvalue weighted by Crippen LogP contribution is 2.31. The van der Waals surface area contributed by atoms with Crippen molar-refractivity contribution < 1.29 is 14.6 Å². The SMILES string of the molecule is COC(c1nc(-c2cccc(C(=O)O)c2)cs1)C(C)C. The van der Waals surface area contributed by atoms with E-state index in [1.807, 2.05) is 11.4 Å². The summed E-state index contributed by atoms with van der Waals surface area (Å²) in [6.45, 7) is 4.17. The molecule has 0 amide bonds. The van der Waals surface area contributed by atoms with Gasteiger partial charge in [-0.3, -0.25) is 0 Å². The summed E-state index contributed by atoms with van der Waals surface area (Å²) in [6.07, 6.45) is -0.0311. The Bertz CT molecular complexity index is 607. The molecular weight excluding hydrogens is 274 g/mol.